The van der Waals surface area contributed by atoms with Crippen molar-refractivity contribution in [1.29, 1.82) is 0 Å². The Hall–Kier alpha value is -1.09. The largest absolute Gasteiger partial charge is 0.391 e. The van der Waals surface area contributed by atoms with Crippen LogP contribution >= 0.6 is 12.4 Å². The number of fused-ring (bicyclic) bond motifs is 1. The molecule has 1 saturated carbocycles. The van der Waals surface area contributed by atoms with Crippen LogP contribution in [0.2, 0.25) is 0 Å². The Kier molecular flexibility index (Phi) is 3.91. The molecule has 3 N–H and O–H groups in total. The number of nitrogens with two attached hydrogens (primary N) is 1. The van der Waals surface area contributed by atoms with Crippen LogP contribution in [0.5, 0.6) is 0 Å². The summed E-state index contributed by atoms with van der Waals surface area (Å²) >= 11 is 0. The van der Waals surface area contributed by atoms with Gasteiger partial charge in [0.1, 0.15) is 0 Å². The number of aliphatic hydroxyl groups is 1. The van der Waals surface area contributed by atoms with Crippen LogP contribution in [-0.2, 0) is 0 Å². The second-order valence-electron chi connectivity index (χ2n) is 4.92. The van der Waals surface area contributed by atoms with Gasteiger partial charge in [0.15, 0.2) is 0 Å². The first kappa shape index (κ1) is 13.3. The van der Waals surface area contributed by atoms with Gasteiger partial charge in [-0.15, -0.1) is 12.4 Å². The third-order valence-corrected chi connectivity index (χ3v) is 3.66. The molecule has 18 heavy (non-hydrogen) atoms. The zero-order valence-corrected chi connectivity index (χ0v) is 10.9. The smallest absolute Gasteiger partial charge is 0.0761 e. The Morgan fingerprint density at radius 2 is 1.72 bits per heavy atom. The maximum Gasteiger partial charge on any atom is 0.0761 e. The number of rotatable bonds is 3. The molecule has 1 fully saturated rings. The molecular weight excluding hydrogens is 246 g/mol. The maximum absolute atomic E-state index is 10.1. The van der Waals surface area contributed by atoms with Crippen LogP contribution < -0.4 is 5.73 Å². The standard InChI is InChI=1S/C15H17NO.ClH/c16-14(15(17)11-8-9-11)13-7-3-5-10-4-1-2-6-12(10)13;/h1-7,11,14-15,17H,8-9,16H2;1H/t14-,15+;/m1./s1. The molecule has 96 valence electrons. The van der Waals surface area contributed by atoms with Crippen molar-refractivity contribution in [3.8, 4) is 0 Å². The van der Waals surface area contributed by atoms with Crippen molar-refractivity contribution >= 4 is 23.2 Å². The fraction of sp³-hybridized carbons (Fsp3) is 0.333. The van der Waals surface area contributed by atoms with Crippen molar-refractivity contribution in [3.05, 3.63) is 48.0 Å². The maximum atomic E-state index is 10.1. The minimum absolute atomic E-state index is 0. The molecular formula is C15H18ClNO. The quantitative estimate of drug-likeness (QED) is 0.894. The van der Waals surface area contributed by atoms with Crippen molar-refractivity contribution in [2.24, 2.45) is 11.7 Å². The number of hydrogen-bond donors (Lipinski definition) is 2. The van der Waals surface area contributed by atoms with E-state index in [9.17, 15) is 5.11 Å². The van der Waals surface area contributed by atoms with Gasteiger partial charge in [0.25, 0.3) is 0 Å². The minimum atomic E-state index is -0.402. The summed E-state index contributed by atoms with van der Waals surface area (Å²) in [6.45, 7) is 0. The SMILES string of the molecule is Cl.N[C@H](c1cccc2ccccc12)[C@@H](O)C1CC1. The molecule has 2 nitrogen and oxygen atoms in total. The normalized spacial score (nSPS) is 18.1. The lowest BCUT2D eigenvalue weighted by Crippen LogP contribution is -2.28. The van der Waals surface area contributed by atoms with Gasteiger partial charge < -0.3 is 10.8 Å². The third-order valence-electron chi connectivity index (χ3n) is 3.66. The molecule has 0 bridgehead atoms. The Morgan fingerprint density at radius 1 is 1.06 bits per heavy atom. The van der Waals surface area contributed by atoms with Crippen LogP contribution in [0.4, 0.5) is 0 Å². The summed E-state index contributed by atoms with van der Waals surface area (Å²) in [4.78, 5) is 0. The fourth-order valence-electron chi connectivity index (χ4n) is 2.46. The predicted octanol–water partition coefficient (Wildman–Crippen LogP) is 3.03. The average molecular weight is 264 g/mol. The van der Waals surface area contributed by atoms with E-state index in [1.807, 2.05) is 24.3 Å². The molecule has 0 amide bonds. The van der Waals surface area contributed by atoms with Gasteiger partial charge in [-0.2, -0.15) is 0 Å². The zero-order valence-electron chi connectivity index (χ0n) is 10.1. The molecule has 0 radical (unpaired) electrons. The van der Waals surface area contributed by atoms with E-state index >= 15 is 0 Å². The molecule has 0 aliphatic heterocycles. The van der Waals surface area contributed by atoms with Crippen LogP contribution in [0, 0.1) is 5.92 Å². The highest BCUT2D eigenvalue weighted by atomic mass is 35.5. The predicted molar refractivity (Wildman–Crippen MR) is 76.9 cm³/mol. The molecule has 1 aliphatic carbocycles. The van der Waals surface area contributed by atoms with Crippen molar-refractivity contribution in [2.75, 3.05) is 0 Å². The molecule has 0 unspecified atom stereocenters. The van der Waals surface area contributed by atoms with Gasteiger partial charge in [0.05, 0.1) is 12.1 Å². The van der Waals surface area contributed by atoms with E-state index in [1.54, 1.807) is 0 Å². The summed E-state index contributed by atoms with van der Waals surface area (Å²) in [5, 5.41) is 12.5. The van der Waals surface area contributed by atoms with E-state index in [1.165, 1.54) is 5.39 Å². The van der Waals surface area contributed by atoms with Gasteiger partial charge in [0, 0.05) is 0 Å². The second-order valence-corrected chi connectivity index (χ2v) is 4.92. The summed E-state index contributed by atoms with van der Waals surface area (Å²) in [5.41, 5.74) is 7.25. The molecule has 2 atom stereocenters. The lowest BCUT2D eigenvalue weighted by molar-refractivity contribution is 0.123. The Labute approximate surface area is 113 Å². The van der Waals surface area contributed by atoms with E-state index < -0.39 is 6.10 Å². The summed E-state index contributed by atoms with van der Waals surface area (Å²) in [5.74, 6) is 0.406. The minimum Gasteiger partial charge on any atom is -0.391 e. The van der Waals surface area contributed by atoms with Gasteiger partial charge in [0.2, 0.25) is 0 Å². The molecule has 2 aromatic carbocycles. The molecule has 0 heterocycles. The summed E-state index contributed by atoms with van der Waals surface area (Å²) in [6, 6.07) is 14.0. The van der Waals surface area contributed by atoms with Crippen molar-refractivity contribution in [2.45, 2.75) is 25.0 Å². The second kappa shape index (κ2) is 5.27. The fourth-order valence-corrected chi connectivity index (χ4v) is 2.46. The molecule has 2 aromatic rings. The molecule has 0 saturated heterocycles. The van der Waals surface area contributed by atoms with E-state index in [2.05, 4.69) is 18.2 Å². The first-order chi connectivity index (χ1) is 8.27. The van der Waals surface area contributed by atoms with Crippen molar-refractivity contribution in [1.82, 2.24) is 0 Å². The first-order valence-corrected chi connectivity index (χ1v) is 6.18. The topological polar surface area (TPSA) is 46.2 Å². The van der Waals surface area contributed by atoms with Crippen molar-refractivity contribution < 1.29 is 5.11 Å². The van der Waals surface area contributed by atoms with Gasteiger partial charge in [-0.1, -0.05) is 42.5 Å². The third kappa shape index (κ3) is 2.37. The van der Waals surface area contributed by atoms with Crippen LogP contribution in [0.1, 0.15) is 24.4 Å². The average Bonchev–Trinajstić information content (AvgIpc) is 3.20. The van der Waals surface area contributed by atoms with E-state index in [-0.39, 0.29) is 18.4 Å². The van der Waals surface area contributed by atoms with Gasteiger partial charge in [-0.25, -0.2) is 0 Å². The van der Waals surface area contributed by atoms with Gasteiger partial charge >= 0.3 is 0 Å². The Morgan fingerprint density at radius 3 is 2.44 bits per heavy atom. The Balaban J connectivity index is 0.00000120. The summed E-state index contributed by atoms with van der Waals surface area (Å²) < 4.78 is 0. The molecule has 3 rings (SSSR count). The molecule has 3 heteroatoms. The lowest BCUT2D eigenvalue weighted by Gasteiger charge is -2.20. The number of hydrogen-bond acceptors (Lipinski definition) is 2. The van der Waals surface area contributed by atoms with E-state index in [4.69, 9.17) is 5.73 Å². The summed E-state index contributed by atoms with van der Waals surface area (Å²) in [6.07, 6.45) is 1.82. The van der Waals surface area contributed by atoms with Gasteiger partial charge in [-0.05, 0) is 35.1 Å². The highest BCUT2D eigenvalue weighted by Gasteiger charge is 2.34. The van der Waals surface area contributed by atoms with Crippen LogP contribution in [0.15, 0.2) is 42.5 Å². The van der Waals surface area contributed by atoms with E-state index in [0.717, 1.165) is 23.8 Å². The zero-order chi connectivity index (χ0) is 11.8. The number of aliphatic hydroxyl groups excluding tert-OH is 1. The van der Waals surface area contributed by atoms with Crippen LogP contribution in [0.3, 0.4) is 0 Å². The number of benzene rings is 2. The number of halogens is 1. The lowest BCUT2D eigenvalue weighted by atomic mass is 9.94. The molecule has 0 aromatic heterocycles. The monoisotopic (exact) mass is 263 g/mol. The Bertz CT molecular complexity index is 534. The van der Waals surface area contributed by atoms with Crippen LogP contribution in [-0.4, -0.2) is 11.2 Å². The highest BCUT2D eigenvalue weighted by Crippen LogP contribution is 2.38. The first-order valence-electron chi connectivity index (χ1n) is 6.18. The summed E-state index contributed by atoms with van der Waals surface area (Å²) in [7, 11) is 0. The van der Waals surface area contributed by atoms with Crippen LogP contribution in [0.25, 0.3) is 10.8 Å². The molecule has 0 spiro atoms. The highest BCUT2D eigenvalue weighted by molar-refractivity contribution is 5.86. The molecule has 1 aliphatic rings. The van der Waals surface area contributed by atoms with Gasteiger partial charge in [-0.3, -0.25) is 0 Å². The van der Waals surface area contributed by atoms with E-state index in [0.29, 0.717) is 5.92 Å². The van der Waals surface area contributed by atoms with Crippen molar-refractivity contribution in [3.63, 3.8) is 0 Å².